The van der Waals surface area contributed by atoms with Crippen LogP contribution in [0, 0.1) is 0 Å². The maximum Gasteiger partial charge on any atom is 0.166 e. The number of benzene rings is 1. The van der Waals surface area contributed by atoms with Crippen molar-refractivity contribution < 1.29 is 4.74 Å². The lowest BCUT2D eigenvalue weighted by Gasteiger charge is -2.20. The number of hydrogen-bond acceptors (Lipinski definition) is 4. The Kier molecular flexibility index (Phi) is 7.06. The number of nitrogens with one attached hydrogen (secondary N) is 1. The second kappa shape index (κ2) is 9.04. The number of rotatable bonds is 9. The van der Waals surface area contributed by atoms with E-state index >= 15 is 0 Å². The number of anilines is 1. The van der Waals surface area contributed by atoms with Crippen LogP contribution in [0.4, 0.5) is 5.82 Å². The zero-order valence-electron chi connectivity index (χ0n) is 16.2. The molecule has 138 valence electrons. The quantitative estimate of drug-likeness (QED) is 0.648. The Morgan fingerprint density at radius 3 is 2.64 bits per heavy atom. The van der Waals surface area contributed by atoms with Gasteiger partial charge in [-0.15, -0.1) is 0 Å². The van der Waals surface area contributed by atoms with Crippen molar-refractivity contribution in [3.63, 3.8) is 0 Å². The van der Waals surface area contributed by atoms with Gasteiger partial charge >= 0.3 is 0 Å². The first-order valence-electron chi connectivity index (χ1n) is 9.46. The summed E-state index contributed by atoms with van der Waals surface area (Å²) in [5.74, 6) is 1.18. The predicted octanol–water partition coefficient (Wildman–Crippen LogP) is 4.71. The smallest absolute Gasteiger partial charge is 0.166 e. The molecule has 0 aliphatic rings. The van der Waals surface area contributed by atoms with Gasteiger partial charge in [-0.1, -0.05) is 25.5 Å². The highest BCUT2D eigenvalue weighted by atomic mass is 16.5. The number of nitrogens with two attached hydrogens (primary N) is 1. The largest absolute Gasteiger partial charge is 0.490 e. The number of pyridine rings is 1. The number of nitrogens with zero attached hydrogens (tertiary/aromatic N) is 1. The molecule has 0 unspecified atom stereocenters. The van der Waals surface area contributed by atoms with Gasteiger partial charge in [0.15, 0.2) is 11.6 Å². The number of nitrogen functional groups attached to an aromatic ring is 1. The van der Waals surface area contributed by atoms with Crippen LogP contribution in [0.2, 0.25) is 0 Å². The van der Waals surface area contributed by atoms with E-state index in [0.717, 1.165) is 36.7 Å². The zero-order valence-corrected chi connectivity index (χ0v) is 16.2. The maximum absolute atomic E-state index is 6.05. The van der Waals surface area contributed by atoms with Crippen LogP contribution in [-0.2, 0) is 6.42 Å². The minimum atomic E-state index is 0.196. The fourth-order valence-electron chi connectivity index (χ4n) is 2.72. The monoisotopic (exact) mass is 343 g/mol. The topological polar surface area (TPSA) is 60.2 Å². The van der Waals surface area contributed by atoms with Gasteiger partial charge in [-0.25, -0.2) is 4.98 Å². The molecular formula is C21H33N3O. The lowest BCUT2D eigenvalue weighted by molar-refractivity contribution is 0.310. The molecule has 2 rings (SSSR count). The second-order valence-electron chi connectivity index (χ2n) is 7.73. The first kappa shape index (κ1) is 19.5. The Bertz CT molecular complexity index is 677. The van der Waals surface area contributed by atoms with E-state index < -0.39 is 0 Å². The number of unbranched alkanes of at least 4 members (excludes halogenated alkanes) is 2. The average Bonchev–Trinajstić information content (AvgIpc) is 2.54. The first-order chi connectivity index (χ1) is 11.9. The van der Waals surface area contributed by atoms with Crippen LogP contribution in [0.5, 0.6) is 5.75 Å². The summed E-state index contributed by atoms with van der Waals surface area (Å²) in [7, 11) is 0. The van der Waals surface area contributed by atoms with E-state index in [2.05, 4.69) is 56.2 Å². The third-order valence-electron chi connectivity index (χ3n) is 4.18. The highest BCUT2D eigenvalue weighted by Crippen LogP contribution is 2.26. The molecule has 1 aromatic carbocycles. The number of ether oxygens (including phenoxy) is 1. The third kappa shape index (κ3) is 6.54. The van der Waals surface area contributed by atoms with E-state index in [-0.39, 0.29) is 5.54 Å². The van der Waals surface area contributed by atoms with Crippen molar-refractivity contribution in [1.29, 1.82) is 0 Å². The molecule has 0 aliphatic heterocycles. The summed E-state index contributed by atoms with van der Waals surface area (Å²) < 4.78 is 5.74. The highest BCUT2D eigenvalue weighted by molar-refractivity contribution is 5.83. The minimum absolute atomic E-state index is 0.196. The molecule has 0 fully saturated rings. The molecule has 25 heavy (non-hydrogen) atoms. The summed E-state index contributed by atoms with van der Waals surface area (Å²) in [5, 5.41) is 4.61. The molecule has 0 spiro atoms. The summed E-state index contributed by atoms with van der Waals surface area (Å²) in [5.41, 5.74) is 8.52. The number of fused-ring (bicyclic) bond motifs is 1. The van der Waals surface area contributed by atoms with Crippen LogP contribution in [0.25, 0.3) is 10.9 Å². The van der Waals surface area contributed by atoms with Gasteiger partial charge < -0.3 is 15.8 Å². The molecule has 1 aromatic heterocycles. The Morgan fingerprint density at radius 2 is 1.92 bits per heavy atom. The van der Waals surface area contributed by atoms with Gasteiger partial charge in [-0.05, 0) is 70.7 Å². The van der Waals surface area contributed by atoms with Gasteiger partial charge in [0, 0.05) is 10.9 Å². The van der Waals surface area contributed by atoms with Gasteiger partial charge in [-0.3, -0.25) is 0 Å². The van der Waals surface area contributed by atoms with Crippen molar-refractivity contribution in [2.75, 3.05) is 18.9 Å². The molecule has 4 nitrogen and oxygen atoms in total. The van der Waals surface area contributed by atoms with Gasteiger partial charge in [0.2, 0.25) is 0 Å². The Balaban J connectivity index is 1.94. The molecule has 4 heteroatoms. The Labute approximate surface area is 152 Å². The van der Waals surface area contributed by atoms with Crippen molar-refractivity contribution in [1.82, 2.24) is 10.3 Å². The average molecular weight is 344 g/mol. The van der Waals surface area contributed by atoms with Crippen LogP contribution in [0.15, 0.2) is 24.3 Å². The van der Waals surface area contributed by atoms with Crippen molar-refractivity contribution >= 4 is 16.7 Å². The van der Waals surface area contributed by atoms with Crippen LogP contribution < -0.4 is 15.8 Å². The van der Waals surface area contributed by atoms with Crippen molar-refractivity contribution in [2.24, 2.45) is 0 Å². The van der Waals surface area contributed by atoms with Crippen LogP contribution >= 0.6 is 0 Å². The summed E-state index contributed by atoms with van der Waals surface area (Å²) in [6.07, 6.45) is 5.55. The van der Waals surface area contributed by atoms with E-state index in [1.165, 1.54) is 18.4 Å². The number of aryl methyl sites for hydroxylation is 1. The second-order valence-corrected chi connectivity index (χ2v) is 7.73. The fourth-order valence-corrected chi connectivity index (χ4v) is 2.72. The van der Waals surface area contributed by atoms with Gasteiger partial charge in [0.05, 0.1) is 12.1 Å². The summed E-state index contributed by atoms with van der Waals surface area (Å²) in [6.45, 7) is 10.5. The first-order valence-corrected chi connectivity index (χ1v) is 9.46. The van der Waals surface area contributed by atoms with Crippen molar-refractivity contribution in [2.45, 2.75) is 65.3 Å². The Hall–Kier alpha value is -1.81. The molecule has 0 amide bonds. The van der Waals surface area contributed by atoms with Crippen molar-refractivity contribution in [3.05, 3.63) is 29.8 Å². The molecule has 2 aromatic rings. The van der Waals surface area contributed by atoms with Crippen LogP contribution in [0.3, 0.4) is 0 Å². The predicted molar refractivity (Wildman–Crippen MR) is 107 cm³/mol. The molecule has 0 saturated heterocycles. The van der Waals surface area contributed by atoms with E-state index in [1.54, 1.807) is 0 Å². The van der Waals surface area contributed by atoms with Gasteiger partial charge in [-0.2, -0.15) is 0 Å². The molecule has 0 aliphatic carbocycles. The lowest BCUT2D eigenvalue weighted by Crippen LogP contribution is -2.36. The van der Waals surface area contributed by atoms with Crippen molar-refractivity contribution in [3.8, 4) is 5.75 Å². The van der Waals surface area contributed by atoms with Crippen LogP contribution in [0.1, 0.15) is 58.9 Å². The lowest BCUT2D eigenvalue weighted by atomic mass is 10.0. The summed E-state index contributed by atoms with van der Waals surface area (Å²) in [6, 6.07) is 8.47. The van der Waals surface area contributed by atoms with E-state index in [0.29, 0.717) is 18.2 Å². The van der Waals surface area contributed by atoms with Gasteiger partial charge in [0.25, 0.3) is 0 Å². The normalized spacial score (nSPS) is 11.8. The molecular weight excluding hydrogens is 310 g/mol. The molecule has 0 atom stereocenters. The summed E-state index contributed by atoms with van der Waals surface area (Å²) in [4.78, 5) is 4.53. The Morgan fingerprint density at radius 1 is 1.12 bits per heavy atom. The van der Waals surface area contributed by atoms with E-state index in [9.17, 15) is 0 Å². The SMILES string of the molecule is CCCCOc1cc2ccc(CCCCNC(C)(C)C)cc2nc1N. The summed E-state index contributed by atoms with van der Waals surface area (Å²) >= 11 is 0. The standard InChI is InChI=1S/C21H33N3O/c1-5-6-13-25-19-15-17-11-10-16(14-18(17)24-20(19)22)9-7-8-12-23-21(2,3)4/h10-11,14-15,23H,5-9,12-13H2,1-4H3,(H2,22,24). The number of hydrogen-bond donors (Lipinski definition) is 2. The number of aromatic nitrogens is 1. The molecule has 0 radical (unpaired) electrons. The fraction of sp³-hybridized carbons (Fsp3) is 0.571. The van der Waals surface area contributed by atoms with Gasteiger partial charge in [0.1, 0.15) is 0 Å². The highest BCUT2D eigenvalue weighted by Gasteiger charge is 2.08. The zero-order chi connectivity index (χ0) is 18.3. The molecule has 1 heterocycles. The maximum atomic E-state index is 6.05. The molecule has 0 saturated carbocycles. The minimum Gasteiger partial charge on any atom is -0.490 e. The molecule has 0 bridgehead atoms. The van der Waals surface area contributed by atoms with E-state index in [1.807, 2.05) is 6.07 Å². The van der Waals surface area contributed by atoms with E-state index in [4.69, 9.17) is 10.5 Å². The molecule has 3 N–H and O–H groups in total. The van der Waals surface area contributed by atoms with Crippen LogP contribution in [-0.4, -0.2) is 23.7 Å². The third-order valence-corrected chi connectivity index (χ3v) is 4.18.